The second kappa shape index (κ2) is 19.1. The van der Waals surface area contributed by atoms with Gasteiger partial charge in [0.05, 0.1) is 50.2 Å². The first-order valence-corrected chi connectivity index (χ1v) is 24.6. The Labute approximate surface area is 473 Å². The van der Waals surface area contributed by atoms with E-state index in [1.165, 1.54) is 21.9 Å². The Morgan fingerprint density at radius 3 is 0.987 bits per heavy atom. The maximum Gasteiger partial charge on any atom is 0.148 e. The second-order valence-corrected chi connectivity index (χ2v) is 20.6. The van der Waals surface area contributed by atoms with E-state index in [-0.39, 0.29) is 45.0 Å². The number of anilines is 6. The van der Waals surface area contributed by atoms with Crippen molar-refractivity contribution in [1.29, 1.82) is 0 Å². The van der Waals surface area contributed by atoms with E-state index in [1.807, 2.05) is 90.1 Å². The van der Waals surface area contributed by atoms with E-state index in [0.29, 0.717) is 43.7 Å². The largest absolute Gasteiger partial charge is 0.307 e. The van der Waals surface area contributed by atoms with Crippen molar-refractivity contribution in [3.8, 4) is 44.5 Å². The van der Waals surface area contributed by atoms with Gasteiger partial charge < -0.3 is 9.80 Å². The molecule has 0 heterocycles. The fourth-order valence-corrected chi connectivity index (χ4v) is 10.0. The van der Waals surface area contributed by atoms with E-state index >= 15 is 8.78 Å². The van der Waals surface area contributed by atoms with Gasteiger partial charge in [-0.1, -0.05) is 223 Å². The van der Waals surface area contributed by atoms with E-state index in [4.69, 9.17) is 21.9 Å². The molecule has 0 amide bonds. The summed E-state index contributed by atoms with van der Waals surface area (Å²) in [5.41, 5.74) is -1.41. The molecular formula is C72H58F2N2. The van der Waals surface area contributed by atoms with Crippen molar-refractivity contribution in [2.45, 2.75) is 52.4 Å². The standard InChI is InChI=1S/C72H58F2N2/c1-71(2,3)55-31-35-57(36-32-55)75(69-61(49-23-15-9-16-24-49)43-53(45-63(69)73)47-19-11-7-12-20-47)65-41-29-51-28-40-60-66(42-30-52-27-39-59(65)67(51)68(52)60)76(58-37-33-56(34-38-58)72(4,5)6)70-62(50-25-17-10-18-26-50)44-54(46-64(70)74)48-21-13-8-14-22-48/h7-46H,1-6H3/i7D,8D,9D,10D,11D,12D,13D,14D,15D,16D,17D,18D,19D,20D,21D,22D,23D,24D,25D,26D. The monoisotopic (exact) mass is 1010 g/mol. The van der Waals surface area contributed by atoms with Crippen LogP contribution in [0.3, 0.4) is 0 Å². The average Bonchev–Trinajstić information content (AvgIpc) is 0.718. The van der Waals surface area contributed by atoms with E-state index < -0.39 is 166 Å². The Morgan fingerprint density at radius 2 is 0.658 bits per heavy atom. The third-order valence-electron chi connectivity index (χ3n) is 13.8. The summed E-state index contributed by atoms with van der Waals surface area (Å²) in [7, 11) is 0. The highest BCUT2D eigenvalue weighted by Crippen LogP contribution is 2.52. The van der Waals surface area contributed by atoms with Crippen LogP contribution >= 0.6 is 0 Å². The van der Waals surface area contributed by atoms with Gasteiger partial charge in [0.1, 0.15) is 11.6 Å². The van der Waals surface area contributed by atoms with Crippen LogP contribution in [0.2, 0.25) is 0 Å². The fourth-order valence-electron chi connectivity index (χ4n) is 10.0. The summed E-state index contributed by atoms with van der Waals surface area (Å²) in [4.78, 5) is 3.08. The molecule has 12 aromatic carbocycles. The summed E-state index contributed by atoms with van der Waals surface area (Å²) in [5.74, 6) is -2.17. The van der Waals surface area contributed by atoms with Gasteiger partial charge in [-0.3, -0.25) is 0 Å². The number of nitrogens with zero attached hydrogens (tertiary/aromatic N) is 2. The summed E-state index contributed by atoms with van der Waals surface area (Å²) < 4.78 is 214. The molecule has 0 saturated heterocycles. The molecule has 2 nitrogen and oxygen atoms in total. The highest BCUT2D eigenvalue weighted by atomic mass is 19.1. The molecule has 0 aliphatic rings. The normalized spacial score (nSPS) is 15.6. The van der Waals surface area contributed by atoms with E-state index in [1.54, 1.807) is 48.5 Å². The van der Waals surface area contributed by atoms with Gasteiger partial charge in [0.25, 0.3) is 0 Å². The highest BCUT2D eigenvalue weighted by Gasteiger charge is 2.29. The molecule has 76 heavy (non-hydrogen) atoms. The minimum atomic E-state index is -1.09. The average molecular weight is 1010 g/mol. The third-order valence-corrected chi connectivity index (χ3v) is 13.8. The Hall–Kier alpha value is -8.86. The second-order valence-electron chi connectivity index (χ2n) is 20.6. The molecule has 12 aromatic rings. The van der Waals surface area contributed by atoms with Crippen molar-refractivity contribution in [3.63, 3.8) is 0 Å². The zero-order valence-corrected chi connectivity index (χ0v) is 42.2. The summed E-state index contributed by atoms with van der Waals surface area (Å²) in [5, 5.41) is 3.33. The van der Waals surface area contributed by atoms with Crippen LogP contribution in [-0.2, 0) is 10.8 Å². The molecule has 0 spiro atoms. The number of hydrogen-bond donors (Lipinski definition) is 0. The van der Waals surface area contributed by atoms with Crippen LogP contribution in [0.1, 0.15) is 80.1 Å². The van der Waals surface area contributed by atoms with Gasteiger partial charge in [-0.05, 0) is 138 Å². The van der Waals surface area contributed by atoms with E-state index in [9.17, 15) is 5.48 Å². The number of rotatable bonds is 10. The number of halogens is 2. The topological polar surface area (TPSA) is 6.48 Å². The first kappa shape index (κ1) is 30.5. The molecule has 0 fully saturated rings. The first-order chi connectivity index (χ1) is 45.1. The first-order valence-electron chi connectivity index (χ1n) is 34.6. The smallest absolute Gasteiger partial charge is 0.148 e. The van der Waals surface area contributed by atoms with Crippen molar-refractivity contribution < 1.29 is 36.2 Å². The van der Waals surface area contributed by atoms with Crippen LogP contribution in [0.25, 0.3) is 76.8 Å². The SMILES string of the molecule is [2H]c1c([2H])c([2H])c(-c2cc(F)c(N(c3ccc(C(C)(C)C)cc3)c3ccc4ccc5c(N(c6ccc(C(C)(C)C)cc6)c6c(F)cc(-c7c([2H])c([2H])c([2H])c([2H])c7[2H])cc6-c6c([2H])c([2H])c([2H])c([2H])c6[2H])ccc6ccc3c4c65)c(-c3c([2H])c([2H])c([2H])c([2H])c3[2H])c2)c([2H])c1[2H]. The van der Waals surface area contributed by atoms with Crippen molar-refractivity contribution in [2.75, 3.05) is 9.80 Å². The van der Waals surface area contributed by atoms with Crippen LogP contribution in [0, 0.1) is 11.6 Å². The van der Waals surface area contributed by atoms with Gasteiger partial charge >= 0.3 is 0 Å². The van der Waals surface area contributed by atoms with Crippen molar-refractivity contribution in [3.05, 3.63) is 265 Å². The maximum absolute atomic E-state index is 18.6. The molecule has 0 saturated carbocycles. The molecule has 12 rings (SSSR count). The lowest BCUT2D eigenvalue weighted by atomic mass is 9.87. The third kappa shape index (κ3) is 8.74. The maximum atomic E-state index is 18.6. The molecule has 0 aromatic heterocycles. The van der Waals surface area contributed by atoms with Crippen LogP contribution < -0.4 is 9.80 Å². The molecule has 0 unspecified atom stereocenters. The molecule has 0 aliphatic carbocycles. The lowest BCUT2D eigenvalue weighted by molar-refractivity contribution is 0.590. The quantitative estimate of drug-likeness (QED) is 0.126. The molecule has 0 radical (unpaired) electrons. The summed E-state index contributed by atoms with van der Waals surface area (Å²) in [6.07, 6.45) is 0. The van der Waals surface area contributed by atoms with Gasteiger partial charge in [-0.25, -0.2) is 8.78 Å². The summed E-state index contributed by atoms with van der Waals surface area (Å²) in [6, 6.07) is 18.8. The lowest BCUT2D eigenvalue weighted by Crippen LogP contribution is -2.16. The Morgan fingerprint density at radius 1 is 0.342 bits per heavy atom. The summed E-state index contributed by atoms with van der Waals surface area (Å²) >= 11 is 0. The van der Waals surface area contributed by atoms with Crippen molar-refractivity contribution in [1.82, 2.24) is 0 Å². The van der Waals surface area contributed by atoms with Gasteiger partial charge in [0, 0.05) is 33.3 Å². The molecular weight excluding hydrogens is 931 g/mol. The Balaban J connectivity index is 1.20. The summed E-state index contributed by atoms with van der Waals surface area (Å²) in [6.45, 7) is 12.1. The Bertz CT molecular complexity index is 4850. The fraction of sp³-hybridized carbons (Fsp3) is 0.111. The van der Waals surface area contributed by atoms with Gasteiger partial charge in [-0.15, -0.1) is 0 Å². The molecule has 0 bridgehead atoms. The van der Waals surface area contributed by atoms with Crippen LogP contribution in [-0.4, -0.2) is 0 Å². The molecule has 4 heteroatoms. The highest BCUT2D eigenvalue weighted by molar-refractivity contribution is 6.28. The van der Waals surface area contributed by atoms with E-state index in [2.05, 4.69) is 0 Å². The zero-order chi connectivity index (χ0) is 69.7. The molecule has 0 N–H and O–H groups in total. The molecule has 0 atom stereocenters. The predicted molar refractivity (Wildman–Crippen MR) is 319 cm³/mol. The predicted octanol–water partition coefficient (Wildman–Crippen LogP) is 21.1. The van der Waals surface area contributed by atoms with Crippen LogP contribution in [0.15, 0.2) is 242 Å². The zero-order valence-electron chi connectivity index (χ0n) is 62.2. The van der Waals surface area contributed by atoms with Gasteiger partial charge in [-0.2, -0.15) is 0 Å². The number of benzene rings is 12. The van der Waals surface area contributed by atoms with Crippen molar-refractivity contribution >= 4 is 66.4 Å². The van der Waals surface area contributed by atoms with Crippen LogP contribution in [0.5, 0.6) is 0 Å². The van der Waals surface area contributed by atoms with Gasteiger partial charge in [0.2, 0.25) is 0 Å². The van der Waals surface area contributed by atoms with Crippen LogP contribution in [0.4, 0.5) is 42.9 Å². The lowest BCUT2D eigenvalue weighted by Gasteiger charge is -2.32. The minimum Gasteiger partial charge on any atom is -0.307 e. The number of hydrogen-bond acceptors (Lipinski definition) is 2. The molecule has 370 valence electrons. The molecule has 0 aliphatic heterocycles. The van der Waals surface area contributed by atoms with Gasteiger partial charge in [0.15, 0.2) is 0 Å². The Kier molecular flexibility index (Phi) is 7.67. The van der Waals surface area contributed by atoms with Crippen molar-refractivity contribution in [2.24, 2.45) is 0 Å². The minimum absolute atomic E-state index is 0.256. The van der Waals surface area contributed by atoms with E-state index in [0.717, 1.165) is 23.3 Å².